The Balaban J connectivity index is 1.72. The van der Waals surface area contributed by atoms with Gasteiger partial charge in [0.1, 0.15) is 16.4 Å². The normalized spacial score (nSPS) is 16.9. The number of benzene rings is 1. The lowest BCUT2D eigenvalue weighted by Crippen LogP contribution is -2.30. The Bertz CT molecular complexity index is 1030. The number of methoxy groups -OCH3 is 1. The lowest BCUT2D eigenvalue weighted by atomic mass is 10.0. The van der Waals surface area contributed by atoms with Gasteiger partial charge in [0.25, 0.3) is 5.91 Å². The topological polar surface area (TPSA) is 55.3 Å². The number of hydrogen-bond donors (Lipinski definition) is 0. The van der Waals surface area contributed by atoms with Crippen LogP contribution >= 0.6 is 11.3 Å². The highest BCUT2D eigenvalue weighted by molar-refractivity contribution is 7.20. The van der Waals surface area contributed by atoms with E-state index < -0.39 is 0 Å². The van der Waals surface area contributed by atoms with Crippen molar-refractivity contribution in [3.8, 4) is 5.75 Å². The van der Waals surface area contributed by atoms with Crippen molar-refractivity contribution in [1.29, 1.82) is 0 Å². The van der Waals surface area contributed by atoms with Gasteiger partial charge in [0.05, 0.1) is 18.0 Å². The fraction of sp³-hybridized carbons (Fsp3) is 0.381. The standard InChI is InChI=1S/C21H23N3O2S/c1-12-18-13(2)22-14(3)23-20(18)27-19(12)21(25)24-10-6-9-17(24)15-7-5-8-16(11-15)26-4/h5,7-8,11,17H,6,9-10H2,1-4H3. The first-order chi connectivity index (χ1) is 13.0. The summed E-state index contributed by atoms with van der Waals surface area (Å²) in [5.41, 5.74) is 3.07. The molecule has 1 aromatic carbocycles. The van der Waals surface area contributed by atoms with Crippen LogP contribution in [0.15, 0.2) is 24.3 Å². The van der Waals surface area contributed by atoms with Crippen LogP contribution in [0.2, 0.25) is 0 Å². The van der Waals surface area contributed by atoms with Crippen LogP contribution < -0.4 is 4.74 Å². The number of likely N-dealkylation sites (tertiary alicyclic amines) is 1. The van der Waals surface area contributed by atoms with E-state index in [0.29, 0.717) is 0 Å². The van der Waals surface area contributed by atoms with Crippen molar-refractivity contribution in [2.45, 2.75) is 39.7 Å². The molecule has 5 nitrogen and oxygen atoms in total. The van der Waals surface area contributed by atoms with E-state index >= 15 is 0 Å². The molecule has 6 heteroatoms. The molecule has 1 unspecified atom stereocenters. The molecule has 140 valence electrons. The van der Waals surface area contributed by atoms with Crippen molar-refractivity contribution >= 4 is 27.5 Å². The minimum Gasteiger partial charge on any atom is -0.497 e. The molecule has 1 aliphatic rings. The average Bonchev–Trinajstić information content (AvgIpc) is 3.26. The SMILES string of the molecule is COc1cccc(C2CCCN2C(=O)c2sc3nc(C)nc(C)c3c2C)c1. The van der Waals surface area contributed by atoms with E-state index in [4.69, 9.17) is 4.74 Å². The van der Waals surface area contributed by atoms with E-state index in [1.807, 2.05) is 43.9 Å². The molecule has 0 spiro atoms. The van der Waals surface area contributed by atoms with Crippen molar-refractivity contribution in [3.63, 3.8) is 0 Å². The zero-order valence-corrected chi connectivity index (χ0v) is 16.9. The van der Waals surface area contributed by atoms with Crippen LogP contribution in [-0.2, 0) is 0 Å². The molecule has 0 N–H and O–H groups in total. The molecule has 0 aliphatic carbocycles. The summed E-state index contributed by atoms with van der Waals surface area (Å²) in [5, 5.41) is 1.02. The van der Waals surface area contributed by atoms with Gasteiger partial charge in [-0.05, 0) is 56.9 Å². The Labute approximate surface area is 163 Å². The molecular formula is C21H23N3O2S. The number of carbonyl (C=O) groups is 1. The summed E-state index contributed by atoms with van der Waals surface area (Å²) >= 11 is 1.49. The van der Waals surface area contributed by atoms with Crippen molar-refractivity contribution in [1.82, 2.24) is 14.9 Å². The molecule has 0 saturated carbocycles. The Morgan fingerprint density at radius 1 is 1.26 bits per heavy atom. The molecule has 0 bridgehead atoms. The molecule has 27 heavy (non-hydrogen) atoms. The van der Waals surface area contributed by atoms with Gasteiger partial charge in [0, 0.05) is 17.6 Å². The van der Waals surface area contributed by atoms with Crippen LogP contribution in [0.1, 0.15) is 51.2 Å². The summed E-state index contributed by atoms with van der Waals surface area (Å²) < 4.78 is 5.36. The van der Waals surface area contributed by atoms with Crippen LogP contribution in [0.25, 0.3) is 10.2 Å². The van der Waals surface area contributed by atoms with Gasteiger partial charge in [-0.25, -0.2) is 9.97 Å². The maximum absolute atomic E-state index is 13.4. The van der Waals surface area contributed by atoms with Gasteiger partial charge >= 0.3 is 0 Å². The summed E-state index contributed by atoms with van der Waals surface area (Å²) in [6, 6.07) is 8.13. The summed E-state index contributed by atoms with van der Waals surface area (Å²) in [4.78, 5) is 26.1. The van der Waals surface area contributed by atoms with E-state index in [9.17, 15) is 4.79 Å². The van der Waals surface area contributed by atoms with E-state index in [-0.39, 0.29) is 11.9 Å². The van der Waals surface area contributed by atoms with Crippen LogP contribution in [0.5, 0.6) is 5.75 Å². The Kier molecular flexibility index (Phi) is 4.60. The van der Waals surface area contributed by atoms with Gasteiger partial charge in [0.15, 0.2) is 0 Å². The molecule has 0 radical (unpaired) electrons. The van der Waals surface area contributed by atoms with Gasteiger partial charge in [-0.15, -0.1) is 11.3 Å². The van der Waals surface area contributed by atoms with Gasteiger partial charge < -0.3 is 9.64 Å². The van der Waals surface area contributed by atoms with E-state index in [1.165, 1.54) is 11.3 Å². The molecule has 3 aromatic rings. The minimum absolute atomic E-state index is 0.0890. The first-order valence-electron chi connectivity index (χ1n) is 9.19. The largest absolute Gasteiger partial charge is 0.497 e. The van der Waals surface area contributed by atoms with Gasteiger partial charge in [-0.2, -0.15) is 0 Å². The number of carbonyl (C=O) groups excluding carboxylic acids is 1. The molecular weight excluding hydrogens is 358 g/mol. The third kappa shape index (κ3) is 3.08. The highest BCUT2D eigenvalue weighted by Gasteiger charge is 2.33. The number of ether oxygens (including phenoxy) is 1. The predicted molar refractivity (Wildman–Crippen MR) is 108 cm³/mol. The fourth-order valence-electron chi connectivity index (χ4n) is 4.01. The van der Waals surface area contributed by atoms with Gasteiger partial charge in [0.2, 0.25) is 0 Å². The van der Waals surface area contributed by atoms with E-state index in [1.54, 1.807) is 7.11 Å². The number of rotatable bonds is 3. The van der Waals surface area contributed by atoms with Crippen LogP contribution in [0, 0.1) is 20.8 Å². The number of thiophene rings is 1. The predicted octanol–water partition coefficient (Wildman–Crippen LogP) is 4.60. The lowest BCUT2D eigenvalue weighted by molar-refractivity contribution is 0.0740. The maximum atomic E-state index is 13.4. The van der Waals surface area contributed by atoms with Gasteiger partial charge in [-0.1, -0.05) is 12.1 Å². The molecule has 1 fully saturated rings. The van der Waals surface area contributed by atoms with E-state index in [2.05, 4.69) is 16.0 Å². The van der Waals surface area contributed by atoms with Crippen LogP contribution in [-0.4, -0.2) is 34.4 Å². The number of nitrogens with zero attached hydrogens (tertiary/aromatic N) is 3. The maximum Gasteiger partial charge on any atom is 0.264 e. The number of amides is 1. The molecule has 1 amide bonds. The quantitative estimate of drug-likeness (QED) is 0.665. The molecule has 4 rings (SSSR count). The molecule has 1 atom stereocenters. The second-order valence-corrected chi connectivity index (χ2v) is 8.02. The number of aromatic nitrogens is 2. The summed E-state index contributed by atoms with van der Waals surface area (Å²) in [6.45, 7) is 6.66. The molecule has 1 saturated heterocycles. The number of fused-ring (bicyclic) bond motifs is 1. The van der Waals surface area contributed by atoms with Crippen molar-refractivity contribution in [2.75, 3.05) is 13.7 Å². The Hall–Kier alpha value is -2.47. The number of aryl methyl sites for hydroxylation is 3. The zero-order chi connectivity index (χ0) is 19.1. The first-order valence-corrected chi connectivity index (χ1v) is 10.0. The van der Waals surface area contributed by atoms with Crippen molar-refractivity contribution < 1.29 is 9.53 Å². The lowest BCUT2D eigenvalue weighted by Gasteiger charge is -2.25. The fourth-order valence-corrected chi connectivity index (χ4v) is 5.25. The Morgan fingerprint density at radius 2 is 2.07 bits per heavy atom. The summed E-state index contributed by atoms with van der Waals surface area (Å²) in [7, 11) is 1.67. The van der Waals surface area contributed by atoms with Crippen LogP contribution in [0.3, 0.4) is 0 Å². The second-order valence-electron chi connectivity index (χ2n) is 7.03. The summed E-state index contributed by atoms with van der Waals surface area (Å²) in [6.07, 6.45) is 1.98. The highest BCUT2D eigenvalue weighted by atomic mass is 32.1. The zero-order valence-electron chi connectivity index (χ0n) is 16.1. The second kappa shape index (κ2) is 6.93. The molecule has 3 heterocycles. The third-order valence-corrected chi connectivity index (χ3v) is 6.44. The third-order valence-electron chi connectivity index (χ3n) is 5.27. The highest BCUT2D eigenvalue weighted by Crippen LogP contribution is 2.38. The monoisotopic (exact) mass is 381 g/mol. The average molecular weight is 382 g/mol. The summed E-state index contributed by atoms with van der Waals surface area (Å²) in [5.74, 6) is 1.67. The van der Waals surface area contributed by atoms with Crippen molar-refractivity contribution in [2.24, 2.45) is 0 Å². The van der Waals surface area contributed by atoms with Crippen LogP contribution in [0.4, 0.5) is 0 Å². The smallest absolute Gasteiger partial charge is 0.264 e. The minimum atomic E-state index is 0.0890. The number of hydrogen-bond acceptors (Lipinski definition) is 5. The van der Waals surface area contributed by atoms with Gasteiger partial charge in [-0.3, -0.25) is 4.79 Å². The molecule has 2 aromatic heterocycles. The molecule has 1 aliphatic heterocycles. The van der Waals surface area contributed by atoms with Crippen molar-refractivity contribution in [3.05, 3.63) is 51.8 Å². The van der Waals surface area contributed by atoms with E-state index in [0.717, 1.165) is 62.9 Å². The first kappa shape index (κ1) is 17.9. The Morgan fingerprint density at radius 3 is 2.85 bits per heavy atom.